The molecule has 7 heteroatoms. The molecule has 22 heavy (non-hydrogen) atoms. The summed E-state index contributed by atoms with van der Waals surface area (Å²) in [4.78, 5) is 20.7. The number of hydrogen-bond donors (Lipinski definition) is 2. The second kappa shape index (κ2) is 6.64. The molecular formula is C15H23N3O3S. The molecule has 122 valence electrons. The van der Waals surface area contributed by atoms with E-state index < -0.39 is 5.97 Å². The van der Waals surface area contributed by atoms with Crippen molar-refractivity contribution in [3.05, 3.63) is 11.1 Å². The molecule has 1 aromatic rings. The number of anilines is 1. The number of carboxylic acid groups (broad SMARTS) is 1. The van der Waals surface area contributed by atoms with Crippen LogP contribution in [0.15, 0.2) is 10.5 Å². The molecule has 0 bridgehead atoms. The maximum atomic E-state index is 11.3. The number of nitrogen functional groups attached to an aromatic ring is 1. The molecule has 1 aromatic heterocycles. The third-order valence-corrected chi connectivity index (χ3v) is 4.83. The van der Waals surface area contributed by atoms with E-state index in [9.17, 15) is 9.90 Å². The van der Waals surface area contributed by atoms with Gasteiger partial charge in [0, 0.05) is 5.38 Å². The van der Waals surface area contributed by atoms with Crippen molar-refractivity contribution in [3.63, 3.8) is 0 Å². The van der Waals surface area contributed by atoms with Crippen LogP contribution in [-0.2, 0) is 9.63 Å². The zero-order valence-electron chi connectivity index (χ0n) is 13.2. The Morgan fingerprint density at radius 1 is 1.41 bits per heavy atom. The van der Waals surface area contributed by atoms with Gasteiger partial charge in [-0.3, -0.25) is 0 Å². The molecule has 0 unspecified atom stereocenters. The molecule has 2 rings (SSSR count). The lowest BCUT2D eigenvalue weighted by Gasteiger charge is -2.36. The molecule has 1 heterocycles. The van der Waals surface area contributed by atoms with Crippen molar-refractivity contribution in [2.75, 3.05) is 5.73 Å². The van der Waals surface area contributed by atoms with Crippen LogP contribution in [0.3, 0.4) is 0 Å². The van der Waals surface area contributed by atoms with Gasteiger partial charge in [0.15, 0.2) is 5.13 Å². The van der Waals surface area contributed by atoms with Gasteiger partial charge in [0.05, 0.1) is 0 Å². The lowest BCUT2D eigenvalue weighted by molar-refractivity contribution is -0.129. The van der Waals surface area contributed by atoms with Gasteiger partial charge in [-0.05, 0) is 37.0 Å². The molecule has 0 aliphatic heterocycles. The largest absolute Gasteiger partial charge is 0.476 e. The molecule has 0 amide bonds. The summed E-state index contributed by atoms with van der Waals surface area (Å²) in [7, 11) is 0. The lowest BCUT2D eigenvalue weighted by atomic mass is 9.72. The van der Waals surface area contributed by atoms with Crippen molar-refractivity contribution in [2.24, 2.45) is 16.5 Å². The number of thiazole rings is 1. The van der Waals surface area contributed by atoms with Crippen LogP contribution in [0.1, 0.15) is 52.1 Å². The third kappa shape index (κ3) is 4.19. The highest BCUT2D eigenvalue weighted by Gasteiger charge is 2.30. The van der Waals surface area contributed by atoms with Crippen molar-refractivity contribution in [3.8, 4) is 0 Å². The molecule has 0 aromatic carbocycles. The zero-order chi connectivity index (χ0) is 16.3. The van der Waals surface area contributed by atoms with Crippen LogP contribution >= 0.6 is 11.3 Å². The van der Waals surface area contributed by atoms with Gasteiger partial charge in [-0.15, -0.1) is 11.3 Å². The van der Waals surface area contributed by atoms with E-state index in [1.54, 1.807) is 5.38 Å². The highest BCUT2D eigenvalue weighted by atomic mass is 32.1. The lowest BCUT2D eigenvalue weighted by Crippen LogP contribution is -2.29. The monoisotopic (exact) mass is 325 g/mol. The first kappa shape index (κ1) is 16.7. The fourth-order valence-electron chi connectivity index (χ4n) is 2.75. The van der Waals surface area contributed by atoms with Crippen molar-refractivity contribution in [1.82, 2.24) is 4.98 Å². The highest BCUT2D eigenvalue weighted by molar-refractivity contribution is 7.13. The highest BCUT2D eigenvalue weighted by Crippen LogP contribution is 2.38. The first-order chi connectivity index (χ1) is 10.3. The number of nitrogens with zero attached hydrogens (tertiary/aromatic N) is 2. The number of aliphatic carboxylic acids is 1. The van der Waals surface area contributed by atoms with E-state index in [2.05, 4.69) is 30.9 Å². The zero-order valence-corrected chi connectivity index (χ0v) is 14.0. The minimum atomic E-state index is -1.16. The first-order valence-electron chi connectivity index (χ1n) is 7.46. The van der Waals surface area contributed by atoms with Crippen LogP contribution in [-0.4, -0.2) is 27.9 Å². The van der Waals surface area contributed by atoms with Crippen LogP contribution in [0.5, 0.6) is 0 Å². The number of carbonyl (C=O) groups is 1. The Bertz CT molecular complexity index is 555. The fourth-order valence-corrected chi connectivity index (χ4v) is 3.30. The maximum Gasteiger partial charge on any atom is 0.360 e. The molecule has 1 aliphatic carbocycles. The molecule has 1 saturated carbocycles. The Balaban J connectivity index is 1.97. The molecule has 0 radical (unpaired) electrons. The van der Waals surface area contributed by atoms with Crippen molar-refractivity contribution in [2.45, 2.75) is 52.6 Å². The van der Waals surface area contributed by atoms with Gasteiger partial charge in [0.25, 0.3) is 0 Å². The van der Waals surface area contributed by atoms with E-state index in [0.29, 0.717) is 16.5 Å². The second-order valence-corrected chi connectivity index (χ2v) is 7.65. The van der Waals surface area contributed by atoms with Crippen LogP contribution in [0, 0.1) is 11.3 Å². The maximum absolute atomic E-state index is 11.3. The summed E-state index contributed by atoms with van der Waals surface area (Å²) in [5.74, 6) is -0.484. The Hall–Kier alpha value is -1.63. The normalized spacial score (nSPS) is 23.3. The Morgan fingerprint density at radius 2 is 2.05 bits per heavy atom. The molecule has 0 spiro atoms. The number of nitrogens with two attached hydrogens (primary N) is 1. The molecular weight excluding hydrogens is 302 g/mol. The smallest absolute Gasteiger partial charge is 0.360 e. The summed E-state index contributed by atoms with van der Waals surface area (Å²) in [6, 6.07) is 0. The minimum absolute atomic E-state index is 0.0241. The summed E-state index contributed by atoms with van der Waals surface area (Å²) in [6.45, 7) is 6.77. The van der Waals surface area contributed by atoms with Crippen LogP contribution < -0.4 is 5.73 Å². The van der Waals surface area contributed by atoms with Crippen LogP contribution in [0.2, 0.25) is 0 Å². The number of hydrogen-bond acceptors (Lipinski definition) is 6. The SMILES string of the molecule is CC(C)(C)C1CCC(ON=C(C(=O)O)c2csc(N)n2)CC1. The number of aromatic nitrogens is 1. The van der Waals surface area contributed by atoms with Crippen molar-refractivity contribution in [1.29, 1.82) is 0 Å². The number of carboxylic acids is 1. The van der Waals surface area contributed by atoms with Crippen LogP contribution in [0.4, 0.5) is 5.13 Å². The molecule has 6 nitrogen and oxygen atoms in total. The van der Waals surface area contributed by atoms with Gasteiger partial charge in [-0.1, -0.05) is 25.9 Å². The summed E-state index contributed by atoms with van der Waals surface area (Å²) in [5.41, 5.74) is 5.89. The minimum Gasteiger partial charge on any atom is -0.476 e. The van der Waals surface area contributed by atoms with Crippen LogP contribution in [0.25, 0.3) is 0 Å². The molecule has 1 fully saturated rings. The molecule has 0 atom stereocenters. The van der Waals surface area contributed by atoms with Gasteiger partial charge in [0.1, 0.15) is 11.8 Å². The summed E-state index contributed by atoms with van der Waals surface area (Å²) < 4.78 is 0. The average molecular weight is 325 g/mol. The third-order valence-electron chi connectivity index (χ3n) is 4.16. The van der Waals surface area contributed by atoms with Gasteiger partial charge in [0.2, 0.25) is 5.71 Å². The summed E-state index contributed by atoms with van der Waals surface area (Å²) >= 11 is 1.18. The average Bonchev–Trinajstić information content (AvgIpc) is 2.84. The van der Waals surface area contributed by atoms with Gasteiger partial charge < -0.3 is 15.7 Å². The topological polar surface area (TPSA) is 97.8 Å². The van der Waals surface area contributed by atoms with E-state index in [1.807, 2.05) is 0 Å². The predicted molar refractivity (Wildman–Crippen MR) is 87.0 cm³/mol. The van der Waals surface area contributed by atoms with Gasteiger partial charge >= 0.3 is 5.97 Å². The van der Waals surface area contributed by atoms with E-state index in [4.69, 9.17) is 10.6 Å². The second-order valence-electron chi connectivity index (χ2n) is 6.76. The Morgan fingerprint density at radius 3 is 2.50 bits per heavy atom. The number of oxime groups is 1. The Kier molecular flexibility index (Phi) is 5.05. The first-order valence-corrected chi connectivity index (χ1v) is 8.34. The van der Waals surface area contributed by atoms with E-state index >= 15 is 0 Å². The van der Waals surface area contributed by atoms with E-state index in [1.165, 1.54) is 11.3 Å². The van der Waals surface area contributed by atoms with Gasteiger partial charge in [-0.2, -0.15) is 0 Å². The molecule has 0 saturated heterocycles. The molecule has 1 aliphatic rings. The van der Waals surface area contributed by atoms with Crippen molar-refractivity contribution < 1.29 is 14.7 Å². The quantitative estimate of drug-likeness (QED) is 0.654. The van der Waals surface area contributed by atoms with Crippen molar-refractivity contribution >= 4 is 28.1 Å². The number of rotatable bonds is 4. The summed E-state index contributed by atoms with van der Waals surface area (Å²) in [5, 5.41) is 14.9. The van der Waals surface area contributed by atoms with Gasteiger partial charge in [-0.25, -0.2) is 9.78 Å². The Labute approximate surface area is 134 Å². The predicted octanol–water partition coefficient (Wildman–Crippen LogP) is 3.14. The fraction of sp³-hybridized carbons (Fsp3) is 0.667. The standard InChI is InChI=1S/C15H23N3O3S/c1-15(2,3)9-4-6-10(7-5-9)21-18-12(13(19)20)11-8-22-14(16)17-11/h8-10H,4-7H2,1-3H3,(H2,16,17)(H,19,20). The summed E-state index contributed by atoms with van der Waals surface area (Å²) in [6.07, 6.45) is 3.93. The van der Waals surface area contributed by atoms with E-state index in [-0.39, 0.29) is 17.5 Å². The van der Waals surface area contributed by atoms with E-state index in [0.717, 1.165) is 25.7 Å². The molecule has 3 N–H and O–H groups in total.